The molecular formula is C10H14ClNO3S. The number of sulfone groups is 1. The molecule has 1 rings (SSSR count). The molecule has 0 aromatic heterocycles. The molecule has 1 atom stereocenters. The molecule has 0 aliphatic carbocycles. The molecule has 0 amide bonds. The van der Waals surface area contributed by atoms with Gasteiger partial charge in [-0.15, -0.1) is 0 Å². The molecule has 16 heavy (non-hydrogen) atoms. The molecule has 0 aliphatic heterocycles. The number of nitrogens with two attached hydrogens (primary N) is 1. The summed E-state index contributed by atoms with van der Waals surface area (Å²) in [6.07, 6.45) is 0. The van der Waals surface area contributed by atoms with E-state index in [1.807, 2.05) is 0 Å². The second kappa shape index (κ2) is 5.03. The minimum Gasteiger partial charge on any atom is -0.495 e. The normalized spacial score (nSPS) is 13.5. The number of rotatable bonds is 4. The molecule has 0 saturated carbocycles. The predicted octanol–water partition coefficient (Wildman–Crippen LogP) is 1.47. The largest absolute Gasteiger partial charge is 0.495 e. The molecule has 0 aliphatic rings. The molecule has 1 aromatic carbocycles. The van der Waals surface area contributed by atoms with Crippen LogP contribution in [0.3, 0.4) is 0 Å². The second-order valence-corrected chi connectivity index (χ2v) is 6.16. The molecule has 0 spiro atoms. The predicted molar refractivity (Wildman–Crippen MR) is 63.7 cm³/mol. The van der Waals surface area contributed by atoms with Crippen LogP contribution < -0.4 is 10.5 Å². The zero-order chi connectivity index (χ0) is 12.3. The number of halogens is 1. The van der Waals surface area contributed by atoms with E-state index in [2.05, 4.69) is 0 Å². The summed E-state index contributed by atoms with van der Waals surface area (Å²) in [5.74, 6) is 0.282. The summed E-state index contributed by atoms with van der Waals surface area (Å²) in [5, 5.41) is -0.316. The Kier molecular flexibility index (Phi) is 4.18. The second-order valence-electron chi connectivity index (χ2n) is 3.39. The maximum absolute atomic E-state index is 12.1. The summed E-state index contributed by atoms with van der Waals surface area (Å²) in [6.45, 7) is 1.60. The average molecular weight is 264 g/mol. The van der Waals surface area contributed by atoms with Crippen LogP contribution in [0.1, 0.15) is 6.92 Å². The van der Waals surface area contributed by atoms with Crippen LogP contribution in [0.25, 0.3) is 0 Å². The number of hydrogen-bond acceptors (Lipinski definition) is 4. The minimum atomic E-state index is -3.49. The third kappa shape index (κ3) is 2.48. The Bertz CT molecular complexity index is 473. The molecule has 0 radical (unpaired) electrons. The van der Waals surface area contributed by atoms with Gasteiger partial charge >= 0.3 is 0 Å². The molecule has 4 nitrogen and oxygen atoms in total. The first-order chi connectivity index (χ1) is 7.43. The Balaban J connectivity index is 3.37. The van der Waals surface area contributed by atoms with E-state index in [0.29, 0.717) is 5.02 Å². The summed E-state index contributed by atoms with van der Waals surface area (Å²) in [5.41, 5.74) is 5.37. The Labute approximate surface area is 100 Å². The van der Waals surface area contributed by atoms with Gasteiger partial charge in [0.05, 0.1) is 12.4 Å². The van der Waals surface area contributed by atoms with Crippen molar-refractivity contribution in [3.63, 3.8) is 0 Å². The topological polar surface area (TPSA) is 69.4 Å². The van der Waals surface area contributed by atoms with Gasteiger partial charge in [0, 0.05) is 11.6 Å². The lowest BCUT2D eigenvalue weighted by molar-refractivity contribution is 0.402. The molecular weight excluding hydrogens is 250 g/mol. The fourth-order valence-corrected chi connectivity index (χ4v) is 2.86. The van der Waals surface area contributed by atoms with Crippen molar-refractivity contribution in [3.8, 4) is 5.75 Å². The van der Waals surface area contributed by atoms with Gasteiger partial charge < -0.3 is 10.5 Å². The number of ether oxygens (including phenoxy) is 1. The highest BCUT2D eigenvalue weighted by atomic mass is 35.5. The van der Waals surface area contributed by atoms with Gasteiger partial charge in [0.1, 0.15) is 10.6 Å². The lowest BCUT2D eigenvalue weighted by Crippen LogP contribution is -2.27. The van der Waals surface area contributed by atoms with Crippen molar-refractivity contribution >= 4 is 21.4 Å². The fraction of sp³-hybridized carbons (Fsp3) is 0.400. The quantitative estimate of drug-likeness (QED) is 0.893. The number of hydrogen-bond donors (Lipinski definition) is 1. The maximum atomic E-state index is 12.1. The molecule has 0 saturated heterocycles. The average Bonchev–Trinajstić information content (AvgIpc) is 2.27. The first-order valence-electron chi connectivity index (χ1n) is 4.71. The highest BCUT2D eigenvalue weighted by molar-refractivity contribution is 7.92. The van der Waals surface area contributed by atoms with E-state index >= 15 is 0 Å². The number of methoxy groups -OCH3 is 1. The molecule has 6 heteroatoms. The monoisotopic (exact) mass is 263 g/mol. The van der Waals surface area contributed by atoms with Crippen LogP contribution in [0.15, 0.2) is 23.1 Å². The van der Waals surface area contributed by atoms with E-state index in [9.17, 15) is 8.42 Å². The first-order valence-corrected chi connectivity index (χ1v) is 6.63. The maximum Gasteiger partial charge on any atom is 0.185 e. The van der Waals surface area contributed by atoms with Gasteiger partial charge in [-0.05, 0) is 25.1 Å². The van der Waals surface area contributed by atoms with Gasteiger partial charge in [-0.3, -0.25) is 0 Å². The minimum absolute atomic E-state index is 0.0536. The van der Waals surface area contributed by atoms with Crippen molar-refractivity contribution < 1.29 is 13.2 Å². The third-order valence-electron chi connectivity index (χ3n) is 2.29. The van der Waals surface area contributed by atoms with Gasteiger partial charge in [-0.25, -0.2) is 8.42 Å². The summed E-state index contributed by atoms with van der Waals surface area (Å²) in [6, 6.07) is 4.48. The van der Waals surface area contributed by atoms with E-state index in [1.54, 1.807) is 13.0 Å². The molecule has 0 bridgehead atoms. The Morgan fingerprint density at radius 3 is 2.62 bits per heavy atom. The van der Waals surface area contributed by atoms with Gasteiger partial charge in [0.25, 0.3) is 0 Å². The highest BCUT2D eigenvalue weighted by Crippen LogP contribution is 2.29. The molecule has 0 heterocycles. The van der Waals surface area contributed by atoms with Crippen molar-refractivity contribution in [1.82, 2.24) is 0 Å². The van der Waals surface area contributed by atoms with Gasteiger partial charge in [0.2, 0.25) is 0 Å². The zero-order valence-corrected chi connectivity index (χ0v) is 10.7. The summed E-state index contributed by atoms with van der Waals surface area (Å²) >= 11 is 5.78. The van der Waals surface area contributed by atoms with E-state index in [-0.39, 0.29) is 17.2 Å². The smallest absolute Gasteiger partial charge is 0.185 e. The Morgan fingerprint density at radius 2 is 2.12 bits per heavy atom. The van der Waals surface area contributed by atoms with Crippen LogP contribution in [-0.2, 0) is 9.84 Å². The molecule has 90 valence electrons. The van der Waals surface area contributed by atoms with Crippen molar-refractivity contribution in [1.29, 1.82) is 0 Å². The van der Waals surface area contributed by atoms with E-state index < -0.39 is 15.1 Å². The zero-order valence-electron chi connectivity index (χ0n) is 9.10. The molecule has 1 unspecified atom stereocenters. The van der Waals surface area contributed by atoms with Crippen LogP contribution in [0.4, 0.5) is 0 Å². The molecule has 2 N–H and O–H groups in total. The number of benzene rings is 1. The highest BCUT2D eigenvalue weighted by Gasteiger charge is 2.25. The van der Waals surface area contributed by atoms with Gasteiger partial charge in [0.15, 0.2) is 9.84 Å². The Morgan fingerprint density at radius 1 is 1.50 bits per heavy atom. The molecule has 0 fully saturated rings. The molecule has 1 aromatic rings. The van der Waals surface area contributed by atoms with Crippen LogP contribution in [0.5, 0.6) is 5.75 Å². The SMILES string of the molecule is COc1ccc(Cl)cc1S(=O)(=O)C(C)CN. The van der Waals surface area contributed by atoms with Crippen LogP contribution in [0, 0.1) is 0 Å². The van der Waals surface area contributed by atoms with Gasteiger partial charge in [-0.2, -0.15) is 0 Å². The van der Waals surface area contributed by atoms with Gasteiger partial charge in [-0.1, -0.05) is 11.6 Å². The lowest BCUT2D eigenvalue weighted by atomic mass is 10.3. The standard InChI is InChI=1S/C10H14ClNO3S/c1-7(6-12)16(13,14)10-5-8(11)3-4-9(10)15-2/h3-5,7H,6,12H2,1-2H3. The van der Waals surface area contributed by atoms with Crippen molar-refractivity contribution in [3.05, 3.63) is 23.2 Å². The van der Waals surface area contributed by atoms with Crippen molar-refractivity contribution in [2.45, 2.75) is 17.1 Å². The third-order valence-corrected chi connectivity index (χ3v) is 4.71. The van der Waals surface area contributed by atoms with Crippen LogP contribution in [-0.4, -0.2) is 27.3 Å². The van der Waals surface area contributed by atoms with E-state index in [4.69, 9.17) is 22.1 Å². The van der Waals surface area contributed by atoms with Crippen molar-refractivity contribution in [2.24, 2.45) is 5.73 Å². The Hall–Kier alpha value is -0.780. The summed E-state index contributed by atoms with van der Waals surface area (Å²) in [4.78, 5) is 0.0838. The summed E-state index contributed by atoms with van der Waals surface area (Å²) < 4.78 is 29.2. The van der Waals surface area contributed by atoms with Crippen LogP contribution >= 0.6 is 11.6 Å². The van der Waals surface area contributed by atoms with E-state index in [0.717, 1.165) is 0 Å². The fourth-order valence-electron chi connectivity index (χ4n) is 1.22. The summed E-state index contributed by atoms with van der Waals surface area (Å²) in [7, 11) is -2.08. The van der Waals surface area contributed by atoms with Crippen molar-refractivity contribution in [2.75, 3.05) is 13.7 Å². The van der Waals surface area contributed by atoms with Crippen LogP contribution in [0.2, 0.25) is 5.02 Å². The lowest BCUT2D eigenvalue weighted by Gasteiger charge is -2.13. The first kappa shape index (κ1) is 13.3. The van der Waals surface area contributed by atoms with E-state index in [1.165, 1.54) is 19.2 Å².